The van der Waals surface area contributed by atoms with Gasteiger partial charge in [-0.3, -0.25) is 14.2 Å². The molecule has 1 N–H and O–H groups in total. The molecule has 3 atom stereocenters. The Kier molecular flexibility index (Phi) is 54.7. The van der Waals surface area contributed by atoms with Crippen LogP contribution in [0.25, 0.3) is 0 Å². The SMILES string of the molecule is CC/C=C/C/C=C/C/C=C/CCCCCCC(=O)NC(COP(=O)([O-])OCC[N+](C)(C)C)C(/C=C\CCCCCCCCCCCCC)OC(=O)CCCCCCCCCCCCCCCCCCCCCCCCC. The summed E-state index contributed by atoms with van der Waals surface area (Å²) in [4.78, 5) is 40.0. The summed E-state index contributed by atoms with van der Waals surface area (Å²) in [7, 11) is 1.18. The van der Waals surface area contributed by atoms with Gasteiger partial charge in [-0.05, 0) is 63.9 Å². The van der Waals surface area contributed by atoms with Gasteiger partial charge in [-0.2, -0.15) is 0 Å². The van der Waals surface area contributed by atoms with E-state index in [1.165, 1.54) is 186 Å². The van der Waals surface area contributed by atoms with Crippen LogP contribution in [-0.4, -0.2) is 69.4 Å². The number of likely N-dealkylation sites (N-methyl/N-ethyl adjacent to an activating group) is 1. The van der Waals surface area contributed by atoms with Crippen molar-refractivity contribution >= 4 is 19.7 Å². The maximum absolute atomic E-state index is 13.5. The van der Waals surface area contributed by atoms with Gasteiger partial charge in [-0.25, -0.2) is 0 Å². The van der Waals surface area contributed by atoms with Gasteiger partial charge in [-0.1, -0.05) is 282 Å². The number of phosphoric ester groups is 1. The topological polar surface area (TPSA) is 114 Å². The molecule has 0 radical (unpaired) electrons. The maximum atomic E-state index is 13.5. The molecule has 0 fully saturated rings. The van der Waals surface area contributed by atoms with Crippen LogP contribution < -0.4 is 10.2 Å². The fourth-order valence-corrected chi connectivity index (χ4v) is 10.3. The van der Waals surface area contributed by atoms with Gasteiger partial charge in [0.25, 0.3) is 7.82 Å². The van der Waals surface area contributed by atoms with Crippen molar-refractivity contribution in [2.24, 2.45) is 0 Å². The second-order valence-corrected chi connectivity index (χ2v) is 24.7. The molecule has 0 bridgehead atoms. The third kappa shape index (κ3) is 56.7. The van der Waals surface area contributed by atoms with Crippen molar-refractivity contribution in [3.63, 3.8) is 0 Å². The highest BCUT2D eigenvalue weighted by Gasteiger charge is 2.27. The third-order valence-corrected chi connectivity index (χ3v) is 15.5. The highest BCUT2D eigenvalue weighted by Crippen LogP contribution is 2.38. The minimum Gasteiger partial charge on any atom is -0.756 e. The summed E-state index contributed by atoms with van der Waals surface area (Å²) < 4.78 is 30.3. The van der Waals surface area contributed by atoms with Crippen molar-refractivity contribution < 1.29 is 37.3 Å². The van der Waals surface area contributed by atoms with E-state index in [4.69, 9.17) is 13.8 Å². The van der Waals surface area contributed by atoms with Crippen molar-refractivity contribution in [3.8, 4) is 0 Å². The van der Waals surface area contributed by atoms with E-state index < -0.39 is 26.6 Å². The first-order chi connectivity index (χ1) is 36.9. The van der Waals surface area contributed by atoms with E-state index in [-0.39, 0.29) is 24.9 Å². The largest absolute Gasteiger partial charge is 0.756 e. The summed E-state index contributed by atoms with van der Waals surface area (Å²) in [5.41, 5.74) is 0. The average molecular weight is 1090 g/mol. The first-order valence-electron chi connectivity index (χ1n) is 32.4. The first-order valence-corrected chi connectivity index (χ1v) is 33.9. The number of ether oxygens (including phenoxy) is 1. The molecule has 446 valence electrons. The van der Waals surface area contributed by atoms with Gasteiger partial charge in [0.15, 0.2) is 0 Å². The molecule has 0 heterocycles. The monoisotopic (exact) mass is 1090 g/mol. The Bertz CT molecular complexity index is 1440. The molecule has 0 aromatic heterocycles. The number of hydrogen-bond donors (Lipinski definition) is 1. The number of phosphoric acid groups is 1. The molecule has 0 aromatic carbocycles. The number of unbranched alkanes of at least 4 members (excludes halogenated alkanes) is 37. The molecule has 0 aliphatic rings. The van der Waals surface area contributed by atoms with Gasteiger partial charge in [0.05, 0.1) is 33.8 Å². The van der Waals surface area contributed by atoms with Crippen LogP contribution >= 0.6 is 7.82 Å². The number of rotatable bonds is 59. The van der Waals surface area contributed by atoms with Crippen LogP contribution in [-0.2, 0) is 27.9 Å². The molecule has 0 aliphatic heterocycles. The summed E-state index contributed by atoms with van der Waals surface area (Å²) in [5, 5.41) is 3.02. The lowest BCUT2D eigenvalue weighted by Gasteiger charge is -2.30. The zero-order chi connectivity index (χ0) is 55.7. The number of carbonyl (C=O) groups excluding carboxylic acids is 2. The normalized spacial score (nSPS) is 13.9. The standard InChI is InChI=1S/C66H125N2O7P/c1-7-10-13-16-19-22-25-28-30-31-32-33-34-35-36-37-38-41-44-47-50-53-56-59-66(70)75-64(57-54-51-48-45-42-39-27-24-21-18-15-12-9-3)63(62-74-76(71,72)73-61-60-68(4,5)6)67-65(69)58-55-52-49-46-43-40-29-26-23-20-17-14-11-8-2/h11,14,20,23,29,40,54,57,63-64H,7-10,12-13,15-19,21-22,24-28,30-39,41-53,55-56,58-62H2,1-6H3,(H-,67,69,71,72)/b14-11+,23-20+,40-29+,57-54-. The highest BCUT2D eigenvalue weighted by molar-refractivity contribution is 7.45. The van der Waals surface area contributed by atoms with Gasteiger partial charge in [0.1, 0.15) is 19.3 Å². The Labute approximate surface area is 471 Å². The van der Waals surface area contributed by atoms with E-state index in [0.717, 1.165) is 83.5 Å². The van der Waals surface area contributed by atoms with Gasteiger partial charge in [0.2, 0.25) is 5.91 Å². The van der Waals surface area contributed by atoms with Gasteiger partial charge < -0.3 is 28.5 Å². The Hall–Kier alpha value is -2.03. The Morgan fingerprint density at radius 3 is 1.26 bits per heavy atom. The summed E-state index contributed by atoms with van der Waals surface area (Å²) in [6, 6.07) is -0.898. The summed E-state index contributed by atoms with van der Waals surface area (Å²) >= 11 is 0. The van der Waals surface area contributed by atoms with Crippen LogP contribution in [0, 0.1) is 0 Å². The Morgan fingerprint density at radius 1 is 0.474 bits per heavy atom. The van der Waals surface area contributed by atoms with Crippen LogP contribution in [0.3, 0.4) is 0 Å². The number of carbonyl (C=O) groups is 2. The van der Waals surface area contributed by atoms with Crippen LogP contribution in [0.4, 0.5) is 0 Å². The Balaban J connectivity index is 5.15. The summed E-state index contributed by atoms with van der Waals surface area (Å²) in [6.45, 7) is 6.75. The molecular weight excluding hydrogens is 964 g/mol. The number of nitrogens with one attached hydrogen (secondary N) is 1. The molecule has 1 amide bonds. The van der Waals surface area contributed by atoms with Crippen LogP contribution in [0.2, 0.25) is 0 Å². The third-order valence-electron chi connectivity index (χ3n) is 14.5. The highest BCUT2D eigenvalue weighted by atomic mass is 31.2. The first kappa shape index (κ1) is 74.0. The van der Waals surface area contributed by atoms with Crippen LogP contribution in [0.5, 0.6) is 0 Å². The van der Waals surface area contributed by atoms with E-state index in [1.807, 2.05) is 33.3 Å². The molecule has 3 unspecified atom stereocenters. The van der Waals surface area contributed by atoms with E-state index in [2.05, 4.69) is 62.5 Å². The van der Waals surface area contributed by atoms with Gasteiger partial charge >= 0.3 is 5.97 Å². The van der Waals surface area contributed by atoms with Crippen molar-refractivity contribution in [1.82, 2.24) is 5.32 Å². The van der Waals surface area contributed by atoms with E-state index in [9.17, 15) is 19.0 Å². The fraction of sp³-hybridized carbons (Fsp3) is 0.848. The lowest BCUT2D eigenvalue weighted by molar-refractivity contribution is -0.870. The molecule has 0 aromatic rings. The molecule has 10 heteroatoms. The number of allylic oxidation sites excluding steroid dienone is 7. The smallest absolute Gasteiger partial charge is 0.306 e. The van der Waals surface area contributed by atoms with E-state index in [1.54, 1.807) is 0 Å². The van der Waals surface area contributed by atoms with E-state index >= 15 is 0 Å². The minimum absolute atomic E-state index is 0.0259. The number of hydrogen-bond acceptors (Lipinski definition) is 7. The van der Waals surface area contributed by atoms with Crippen molar-refractivity contribution in [1.29, 1.82) is 0 Å². The van der Waals surface area contributed by atoms with Gasteiger partial charge in [-0.15, -0.1) is 0 Å². The number of amides is 1. The molecular formula is C66H125N2O7P. The average Bonchev–Trinajstić information content (AvgIpc) is 3.38. The molecule has 0 aliphatic carbocycles. The van der Waals surface area contributed by atoms with Crippen molar-refractivity contribution in [2.75, 3.05) is 40.9 Å². The predicted molar refractivity (Wildman–Crippen MR) is 326 cm³/mol. The molecule has 9 nitrogen and oxygen atoms in total. The number of quaternary nitrogens is 1. The zero-order valence-corrected chi connectivity index (χ0v) is 51.9. The molecule has 76 heavy (non-hydrogen) atoms. The van der Waals surface area contributed by atoms with Gasteiger partial charge in [0, 0.05) is 12.8 Å². The summed E-state index contributed by atoms with van der Waals surface area (Å²) in [6.07, 6.45) is 69.5. The molecule has 0 rings (SSSR count). The maximum Gasteiger partial charge on any atom is 0.306 e. The second kappa shape index (κ2) is 56.3. The second-order valence-electron chi connectivity index (χ2n) is 23.2. The molecule has 0 spiro atoms. The predicted octanol–water partition coefficient (Wildman–Crippen LogP) is 19.4. The Morgan fingerprint density at radius 2 is 0.842 bits per heavy atom. The zero-order valence-electron chi connectivity index (χ0n) is 51.0. The lowest BCUT2D eigenvalue weighted by atomic mass is 10.0. The molecule has 0 saturated carbocycles. The number of nitrogens with zero attached hydrogens (tertiary/aromatic N) is 1. The number of esters is 1. The lowest BCUT2D eigenvalue weighted by Crippen LogP contribution is -2.47. The summed E-state index contributed by atoms with van der Waals surface area (Å²) in [5.74, 6) is -0.554. The fourth-order valence-electron chi connectivity index (χ4n) is 9.54. The van der Waals surface area contributed by atoms with E-state index in [0.29, 0.717) is 23.9 Å². The van der Waals surface area contributed by atoms with Crippen LogP contribution in [0.15, 0.2) is 48.6 Å². The molecule has 0 saturated heterocycles. The quantitative estimate of drug-likeness (QED) is 0.0212. The minimum atomic E-state index is -4.70. The van der Waals surface area contributed by atoms with Crippen LogP contribution in [0.1, 0.15) is 310 Å². The van der Waals surface area contributed by atoms with Crippen molar-refractivity contribution in [2.45, 2.75) is 322 Å². The van der Waals surface area contributed by atoms with Crippen molar-refractivity contribution in [3.05, 3.63) is 48.6 Å².